The summed E-state index contributed by atoms with van der Waals surface area (Å²) in [7, 11) is -6.49. The fourth-order valence-corrected chi connectivity index (χ4v) is 7.71. The Balaban J connectivity index is 1.21. The van der Waals surface area contributed by atoms with E-state index in [4.69, 9.17) is 9.72 Å². The Hall–Kier alpha value is -3.00. The van der Waals surface area contributed by atoms with Crippen LogP contribution in [0.15, 0.2) is 64.4 Å². The van der Waals surface area contributed by atoms with Crippen molar-refractivity contribution in [3.8, 4) is 11.6 Å². The highest BCUT2D eigenvalue weighted by Gasteiger charge is 2.26. The summed E-state index contributed by atoms with van der Waals surface area (Å²) in [6.07, 6.45) is 8.36. The second-order valence-electron chi connectivity index (χ2n) is 9.69. The fourth-order valence-electron chi connectivity index (χ4n) is 4.75. The van der Waals surface area contributed by atoms with Gasteiger partial charge in [-0.25, -0.2) is 26.5 Å². The minimum absolute atomic E-state index is 0.0866. The molecule has 2 N–H and O–H groups in total. The maximum atomic E-state index is 12.5. The van der Waals surface area contributed by atoms with Crippen molar-refractivity contribution in [3.05, 3.63) is 60.2 Å². The third kappa shape index (κ3) is 6.96. The molecule has 0 amide bonds. The molecule has 0 saturated heterocycles. The molecule has 1 aliphatic carbocycles. The number of nitrogens with zero attached hydrogens (tertiary/aromatic N) is 3. The zero-order valence-corrected chi connectivity index (χ0v) is 23.9. The predicted octanol–water partition coefficient (Wildman–Crippen LogP) is 4.00. The smallest absolute Gasteiger partial charge is 0.250 e. The summed E-state index contributed by atoms with van der Waals surface area (Å²) >= 11 is 1.22. The van der Waals surface area contributed by atoms with Gasteiger partial charge in [0.25, 0.3) is 0 Å². The van der Waals surface area contributed by atoms with Crippen molar-refractivity contribution < 1.29 is 21.6 Å². The average molecular weight is 590 g/mol. The number of thiophene rings is 1. The van der Waals surface area contributed by atoms with Crippen LogP contribution in [0.4, 0.5) is 5.95 Å². The highest BCUT2D eigenvalue weighted by Crippen LogP contribution is 2.29. The van der Waals surface area contributed by atoms with Crippen LogP contribution in [0.5, 0.6) is 5.75 Å². The van der Waals surface area contributed by atoms with Crippen LogP contribution >= 0.6 is 11.3 Å². The summed E-state index contributed by atoms with van der Waals surface area (Å²) in [5.74, 6) is 2.01. The molecule has 3 heterocycles. The van der Waals surface area contributed by atoms with Gasteiger partial charge in [0.2, 0.25) is 16.0 Å². The van der Waals surface area contributed by atoms with Gasteiger partial charge in [0.05, 0.1) is 17.9 Å². The van der Waals surface area contributed by atoms with Crippen molar-refractivity contribution in [2.24, 2.45) is 0 Å². The van der Waals surface area contributed by atoms with Crippen molar-refractivity contribution in [3.63, 3.8) is 0 Å². The monoisotopic (exact) mass is 589 g/mol. The second-order valence-corrected chi connectivity index (χ2v) is 14.8. The lowest BCUT2D eigenvalue weighted by atomic mass is 9.92. The van der Waals surface area contributed by atoms with Crippen molar-refractivity contribution in [2.75, 3.05) is 23.9 Å². The summed E-state index contributed by atoms with van der Waals surface area (Å²) in [6.45, 7) is 0.316. The summed E-state index contributed by atoms with van der Waals surface area (Å²) < 4.78 is 58.8. The first kappa shape index (κ1) is 27.6. The van der Waals surface area contributed by atoms with E-state index in [2.05, 4.69) is 15.0 Å². The SMILES string of the molecule is CS(=O)(=O)CCCOc1cccc2c1ccn2-c1ccnc(NC2CCC(NS(=O)(=O)c3cccs3)CC2)n1. The second kappa shape index (κ2) is 11.6. The van der Waals surface area contributed by atoms with Gasteiger partial charge in [0.1, 0.15) is 25.6 Å². The number of rotatable bonds is 11. The predicted molar refractivity (Wildman–Crippen MR) is 153 cm³/mol. The molecule has 39 heavy (non-hydrogen) atoms. The number of hydrogen-bond acceptors (Lipinski definition) is 9. The average Bonchev–Trinajstić information content (AvgIpc) is 3.59. The normalized spacial score (nSPS) is 18.3. The van der Waals surface area contributed by atoms with Crippen molar-refractivity contribution in [2.45, 2.75) is 48.4 Å². The van der Waals surface area contributed by atoms with Crippen molar-refractivity contribution in [1.29, 1.82) is 0 Å². The number of hydrogen-bond donors (Lipinski definition) is 2. The Labute approximate surface area is 232 Å². The lowest BCUT2D eigenvalue weighted by molar-refractivity contribution is 0.321. The molecule has 3 aromatic heterocycles. The van der Waals surface area contributed by atoms with E-state index in [-0.39, 0.29) is 17.8 Å². The zero-order valence-electron chi connectivity index (χ0n) is 21.5. The Morgan fingerprint density at radius 3 is 2.56 bits per heavy atom. The van der Waals surface area contributed by atoms with Gasteiger partial charge in [-0.2, -0.15) is 4.98 Å². The van der Waals surface area contributed by atoms with Crippen molar-refractivity contribution in [1.82, 2.24) is 19.3 Å². The number of sulfone groups is 1. The number of anilines is 1. The molecule has 1 fully saturated rings. The van der Waals surface area contributed by atoms with Crippen LogP contribution in [-0.2, 0) is 19.9 Å². The highest BCUT2D eigenvalue weighted by molar-refractivity contribution is 7.91. The molecule has 0 radical (unpaired) electrons. The first-order chi connectivity index (χ1) is 18.7. The van der Waals surface area contributed by atoms with E-state index in [1.54, 1.807) is 23.7 Å². The van der Waals surface area contributed by atoms with Gasteiger partial charge >= 0.3 is 0 Å². The molecule has 0 atom stereocenters. The first-order valence-corrected chi connectivity index (χ1v) is 17.2. The van der Waals surface area contributed by atoms with E-state index in [0.717, 1.165) is 36.6 Å². The third-order valence-corrected chi connectivity index (χ3v) is 10.6. The summed E-state index contributed by atoms with van der Waals surface area (Å²) in [6, 6.07) is 13.0. The standard InChI is InChI=1S/C26H31N5O5S3/c1-38(32,33)18-4-16-36-23-6-2-5-22-21(23)13-15-31(22)24-12-14-27-26(29-24)28-19-8-10-20(11-9-19)30-39(34,35)25-7-3-17-37-25/h2-3,5-7,12-15,17,19-20,30H,4,8-11,16,18H2,1H3,(H,27,28,29). The lowest BCUT2D eigenvalue weighted by Crippen LogP contribution is -2.40. The number of ether oxygens (including phenoxy) is 1. The van der Waals surface area contributed by atoms with Crippen LogP contribution in [0, 0.1) is 0 Å². The number of fused-ring (bicyclic) bond motifs is 1. The Morgan fingerprint density at radius 1 is 1.03 bits per heavy atom. The molecule has 0 spiro atoms. The highest BCUT2D eigenvalue weighted by atomic mass is 32.2. The van der Waals surface area contributed by atoms with E-state index in [1.807, 2.05) is 41.1 Å². The molecule has 10 nitrogen and oxygen atoms in total. The van der Waals surface area contributed by atoms with Crippen LogP contribution in [-0.4, -0.2) is 62.1 Å². The van der Waals surface area contributed by atoms with Crippen molar-refractivity contribution >= 4 is 48.0 Å². The largest absolute Gasteiger partial charge is 0.493 e. The van der Waals surface area contributed by atoms with E-state index in [0.29, 0.717) is 34.8 Å². The van der Waals surface area contributed by atoms with E-state index in [9.17, 15) is 16.8 Å². The maximum absolute atomic E-state index is 12.5. The van der Waals surface area contributed by atoms with Crippen LogP contribution in [0.2, 0.25) is 0 Å². The lowest BCUT2D eigenvalue weighted by Gasteiger charge is -2.29. The number of aromatic nitrogens is 3. The van der Waals surface area contributed by atoms with Gasteiger partial charge in [0, 0.05) is 36.1 Å². The molecule has 13 heteroatoms. The van der Waals surface area contributed by atoms with Gasteiger partial charge in [-0.15, -0.1) is 11.3 Å². The van der Waals surface area contributed by atoms with Crippen LogP contribution in [0.3, 0.4) is 0 Å². The quantitative estimate of drug-likeness (QED) is 0.251. The zero-order chi connectivity index (χ0) is 27.5. The Kier molecular flexibility index (Phi) is 8.21. The van der Waals surface area contributed by atoms with Gasteiger partial charge in [0.15, 0.2) is 0 Å². The minimum atomic E-state index is -3.47. The van der Waals surface area contributed by atoms with E-state index >= 15 is 0 Å². The summed E-state index contributed by atoms with van der Waals surface area (Å²) in [4.78, 5) is 9.13. The number of sulfonamides is 1. The molecule has 0 bridgehead atoms. The molecule has 208 valence electrons. The number of nitrogens with one attached hydrogen (secondary N) is 2. The van der Waals surface area contributed by atoms with Gasteiger partial charge < -0.3 is 14.6 Å². The molecule has 4 aromatic rings. The number of benzene rings is 1. The molecule has 0 aliphatic heterocycles. The summed E-state index contributed by atoms with van der Waals surface area (Å²) in [5, 5.41) is 6.09. The molecule has 1 aromatic carbocycles. The summed E-state index contributed by atoms with van der Waals surface area (Å²) in [5.41, 5.74) is 0.916. The minimum Gasteiger partial charge on any atom is -0.493 e. The Morgan fingerprint density at radius 2 is 1.82 bits per heavy atom. The van der Waals surface area contributed by atoms with Gasteiger partial charge in [-0.1, -0.05) is 12.1 Å². The van der Waals surface area contributed by atoms with Crippen LogP contribution in [0.25, 0.3) is 16.7 Å². The van der Waals surface area contributed by atoms with Gasteiger partial charge in [-0.3, -0.25) is 0 Å². The van der Waals surface area contributed by atoms with E-state index in [1.165, 1.54) is 17.6 Å². The maximum Gasteiger partial charge on any atom is 0.250 e. The Bertz CT molecular complexity index is 1630. The molecule has 1 saturated carbocycles. The molecular formula is C26H31N5O5S3. The molecule has 5 rings (SSSR count). The third-order valence-electron chi connectivity index (χ3n) is 6.64. The molecule has 1 aliphatic rings. The molecular weight excluding hydrogens is 559 g/mol. The van der Waals surface area contributed by atoms with E-state index < -0.39 is 19.9 Å². The topological polar surface area (TPSA) is 132 Å². The van der Waals surface area contributed by atoms with Crippen LogP contribution in [0.1, 0.15) is 32.1 Å². The van der Waals surface area contributed by atoms with Crippen LogP contribution < -0.4 is 14.8 Å². The molecule has 0 unspecified atom stereocenters. The first-order valence-electron chi connectivity index (χ1n) is 12.7. The fraction of sp³-hybridized carbons (Fsp3) is 0.385. The van der Waals surface area contributed by atoms with Gasteiger partial charge in [-0.05, 0) is 67.8 Å².